The number of hydrogen-bond acceptors (Lipinski definition) is 35. The molecule has 21 N–H and O–H groups in total. The van der Waals surface area contributed by atoms with E-state index in [0.29, 0.717) is 0 Å². The van der Waals surface area contributed by atoms with Crippen molar-refractivity contribution < 1.29 is 174 Å². The minimum absolute atomic E-state index is 0.818. The molecular weight excluding hydrogens is 1060 g/mol. The largest absolute Gasteiger partial charge is 0.387 e. The Morgan fingerprint density at radius 1 is 0.143 bits per heavy atom. The lowest BCUT2D eigenvalue weighted by Crippen LogP contribution is -2.63. The fourth-order valence-corrected chi connectivity index (χ4v) is 9.67. The van der Waals surface area contributed by atoms with Gasteiger partial charge in [-0.2, -0.15) is 0 Å². The molecule has 8 fully saturated rings. The van der Waals surface area contributed by atoms with Gasteiger partial charge in [0.2, 0.25) is 0 Å². The molecule has 77 heavy (non-hydrogen) atoms. The summed E-state index contributed by atoms with van der Waals surface area (Å²) in [6.07, 6.45) is -66.7. The average molecular weight is 1130 g/mol. The molecule has 0 aromatic carbocycles. The van der Waals surface area contributed by atoms with Crippen LogP contribution in [0.4, 0.5) is 0 Å². The minimum Gasteiger partial charge on any atom is -0.387 e. The van der Waals surface area contributed by atoms with Crippen molar-refractivity contribution >= 4 is 0 Å². The summed E-state index contributed by atoms with van der Waals surface area (Å²) in [5.41, 5.74) is 0. The molecule has 0 unspecified atom stereocenters. The van der Waals surface area contributed by atoms with Crippen LogP contribution in [-0.2, 0) is 66.3 Å². The van der Waals surface area contributed by atoms with E-state index in [2.05, 4.69) is 0 Å². The van der Waals surface area contributed by atoms with Crippen LogP contribution in [0.1, 0.15) is 0 Å². The molecule has 0 spiro atoms. The van der Waals surface area contributed by atoms with E-state index in [9.17, 15) is 107 Å². The Kier molecular flexibility index (Phi) is 20.8. The molecule has 0 aromatic rings. The van der Waals surface area contributed by atoms with Gasteiger partial charge in [0.15, 0.2) is 44.0 Å². The highest BCUT2D eigenvalue weighted by atomic mass is 16.8. The van der Waals surface area contributed by atoms with Crippen LogP contribution in [0.5, 0.6) is 0 Å². The fraction of sp³-hybridized carbons (Fsp3) is 1.00. The number of fused-ring (bicyclic) bond motifs is 14. The maximum atomic E-state index is 10.8. The van der Waals surface area contributed by atoms with Gasteiger partial charge in [-0.25, -0.2) is 0 Å². The average Bonchev–Trinajstić information content (AvgIpc) is 3.43. The third-order valence-corrected chi connectivity index (χ3v) is 14.7. The first-order valence-corrected chi connectivity index (χ1v) is 24.6. The van der Waals surface area contributed by atoms with E-state index < -0.39 is 261 Å². The van der Waals surface area contributed by atoms with Crippen molar-refractivity contribution in [3.05, 3.63) is 0 Å². The maximum Gasteiger partial charge on any atom is 0.186 e. The molecule has 8 heterocycles. The van der Waals surface area contributed by atoms with Gasteiger partial charge in [-0.05, 0) is 0 Å². The Morgan fingerprint density at radius 3 is 0.351 bits per heavy atom. The summed E-state index contributed by atoms with van der Waals surface area (Å²) >= 11 is 0. The highest BCUT2D eigenvalue weighted by Crippen LogP contribution is 2.33. The van der Waals surface area contributed by atoms with E-state index in [4.69, 9.17) is 66.3 Å². The van der Waals surface area contributed by atoms with Crippen LogP contribution >= 0.6 is 0 Å². The first kappa shape index (κ1) is 61.7. The lowest BCUT2D eigenvalue weighted by Gasteiger charge is -2.45. The molecule has 0 amide bonds. The SMILES string of the molecule is O[C@@H]1[C@@H](O)[C@H]2OC[C@H]3O[C@H](OC[C@H]4O[C@H](OC[C@H]5O[C@H](OC[C@H]6O[C@H](OC[C@H]7O[C@H](OC[C@H]8O[C@H](OC[C@@H](O2)[C@H]1O)[C@H](O)[C@@H](O)[C@@H]8O)[C@H](O)[C@@H](O)[C@@H]7O)[C@H](O)[C@@H](O)[C@@H]6O)[C@H](O)[C@H](O)[C@@H]5O)[C@H](O)[C@@H](O)[C@@H]4O)[C@H](O)[C@@H](O)[C@@H]3O. The van der Waals surface area contributed by atoms with Gasteiger partial charge in [0.05, 0.1) is 46.2 Å². The van der Waals surface area contributed by atoms with E-state index in [1.807, 2.05) is 0 Å². The highest BCUT2D eigenvalue weighted by molar-refractivity contribution is 4.97. The standard InChI is InChI=1S/C42H70O35/c43-15-8-1-64-36-29(57)23(51)16(44)9(72-36)2-66-38-31(59)25(53)18(46)11(74-38)4-68-40-33(61)27(55)20(48)13(76-40)6-70-42-35(63)28(56)21(49)14(77-42)7-69-41-34(62)26(54)19(47)12(75-41)5-67-39-32(60)24(52)17(45)10(73-39)3-65-37(71-8)30(58)22(15)50/h8-63H,1-7H2/t8-,9-,10-,11-,12-,13-,14-,15-,16-,17-,18-,19-,20-,21-,22-,23+,24+,25+,26+,27+,28+,29-,30-,31-,32-,33-,34-,35-,36+,37+,38+,39+,40+,41+,42+/m1/s1. The number of hydrogen-bond donors (Lipinski definition) is 21. The van der Waals surface area contributed by atoms with Crippen LogP contribution in [0.3, 0.4) is 0 Å². The molecule has 8 rings (SSSR count). The van der Waals surface area contributed by atoms with Crippen molar-refractivity contribution in [2.75, 3.05) is 46.2 Å². The van der Waals surface area contributed by atoms with Crippen molar-refractivity contribution in [1.29, 1.82) is 0 Å². The van der Waals surface area contributed by atoms with E-state index in [0.717, 1.165) is 0 Å². The summed E-state index contributed by atoms with van der Waals surface area (Å²) in [5, 5.41) is 226. The second kappa shape index (κ2) is 26.0. The summed E-state index contributed by atoms with van der Waals surface area (Å²) in [7, 11) is 0. The number of ether oxygens (including phenoxy) is 14. The van der Waals surface area contributed by atoms with Crippen molar-refractivity contribution in [3.63, 3.8) is 0 Å². The zero-order valence-electron chi connectivity index (χ0n) is 40.3. The first-order chi connectivity index (χ1) is 36.4. The number of rotatable bonds is 0. The Bertz CT molecular complexity index is 1370. The predicted octanol–water partition coefficient (Wildman–Crippen LogP) is -15.2. The number of aliphatic hydroxyl groups is 21. The smallest absolute Gasteiger partial charge is 0.186 e. The van der Waals surface area contributed by atoms with Gasteiger partial charge in [-0.15, -0.1) is 0 Å². The van der Waals surface area contributed by atoms with Gasteiger partial charge in [0.1, 0.15) is 171 Å². The molecule has 8 aliphatic rings. The minimum atomic E-state index is -2.04. The van der Waals surface area contributed by atoms with Crippen LogP contribution in [0, 0.1) is 0 Å². The summed E-state index contributed by atoms with van der Waals surface area (Å²) in [6.45, 7) is -5.73. The molecule has 0 aromatic heterocycles. The third-order valence-electron chi connectivity index (χ3n) is 14.7. The lowest BCUT2D eigenvalue weighted by molar-refractivity contribution is -0.352. The van der Waals surface area contributed by atoms with Crippen molar-refractivity contribution in [3.8, 4) is 0 Å². The monoisotopic (exact) mass is 1130 g/mol. The van der Waals surface area contributed by atoms with Gasteiger partial charge in [-0.3, -0.25) is 0 Å². The van der Waals surface area contributed by atoms with Crippen LogP contribution in [0.25, 0.3) is 0 Å². The first-order valence-electron chi connectivity index (χ1n) is 24.6. The second-order valence-electron chi connectivity index (χ2n) is 19.9. The molecule has 0 aliphatic carbocycles. The van der Waals surface area contributed by atoms with E-state index >= 15 is 0 Å². The summed E-state index contributed by atoms with van der Waals surface area (Å²) < 4.78 is 78.4. The Morgan fingerprint density at radius 2 is 0.247 bits per heavy atom. The van der Waals surface area contributed by atoms with Crippen molar-refractivity contribution in [2.24, 2.45) is 0 Å². The second-order valence-corrected chi connectivity index (χ2v) is 19.9. The molecule has 8 saturated heterocycles. The quantitative estimate of drug-likeness (QED) is 0.107. The normalized spacial score (nSPS) is 56.5. The van der Waals surface area contributed by atoms with Gasteiger partial charge in [0.25, 0.3) is 0 Å². The predicted molar refractivity (Wildman–Crippen MR) is 228 cm³/mol. The fourth-order valence-electron chi connectivity index (χ4n) is 9.67. The Balaban J connectivity index is 1.01. The molecule has 8 aliphatic heterocycles. The lowest BCUT2D eigenvalue weighted by atomic mass is 9.97. The van der Waals surface area contributed by atoms with Gasteiger partial charge < -0.3 is 174 Å². The zero-order chi connectivity index (χ0) is 56.1. The molecule has 35 atom stereocenters. The van der Waals surface area contributed by atoms with Crippen LogP contribution in [-0.4, -0.2) is 368 Å². The number of aliphatic hydroxyl groups excluding tert-OH is 21. The van der Waals surface area contributed by atoms with Crippen molar-refractivity contribution in [2.45, 2.75) is 215 Å². The zero-order valence-corrected chi connectivity index (χ0v) is 40.3. The molecule has 14 bridgehead atoms. The molecular formula is C42H70O35. The highest BCUT2D eigenvalue weighted by Gasteiger charge is 2.54. The van der Waals surface area contributed by atoms with Gasteiger partial charge in [-0.1, -0.05) is 0 Å². The summed E-state index contributed by atoms with van der Waals surface area (Å²) in [4.78, 5) is 0. The van der Waals surface area contributed by atoms with E-state index in [1.54, 1.807) is 0 Å². The summed E-state index contributed by atoms with van der Waals surface area (Å²) in [5.74, 6) is 0. The van der Waals surface area contributed by atoms with E-state index in [1.165, 1.54) is 0 Å². The molecule has 448 valence electrons. The van der Waals surface area contributed by atoms with Gasteiger partial charge >= 0.3 is 0 Å². The Hall–Kier alpha value is -1.40. The summed E-state index contributed by atoms with van der Waals surface area (Å²) in [6, 6.07) is 0. The van der Waals surface area contributed by atoms with Gasteiger partial charge in [0, 0.05) is 0 Å². The Labute approximate surface area is 434 Å². The van der Waals surface area contributed by atoms with Crippen LogP contribution in [0.2, 0.25) is 0 Å². The third kappa shape index (κ3) is 13.0. The van der Waals surface area contributed by atoms with Crippen LogP contribution in [0.15, 0.2) is 0 Å². The van der Waals surface area contributed by atoms with E-state index in [-0.39, 0.29) is 0 Å². The van der Waals surface area contributed by atoms with Crippen LogP contribution < -0.4 is 0 Å². The maximum absolute atomic E-state index is 10.8. The van der Waals surface area contributed by atoms with Crippen molar-refractivity contribution in [1.82, 2.24) is 0 Å². The molecule has 0 radical (unpaired) electrons. The topological polar surface area (TPSA) is 554 Å². The molecule has 35 nitrogen and oxygen atoms in total. The molecule has 35 heteroatoms. The molecule has 0 saturated carbocycles.